The van der Waals surface area contributed by atoms with E-state index in [4.69, 9.17) is 9.47 Å². The summed E-state index contributed by atoms with van der Waals surface area (Å²) >= 11 is 0. The number of likely N-dealkylation sites (N-methyl/N-ethyl adjacent to an activating group) is 1. The zero-order chi connectivity index (χ0) is 8.97. The van der Waals surface area contributed by atoms with Gasteiger partial charge in [-0.15, -0.1) is 0 Å². The monoisotopic (exact) mass is 173 g/mol. The second kappa shape index (κ2) is 4.80. The smallest absolute Gasteiger partial charge is 0.0990 e. The van der Waals surface area contributed by atoms with Gasteiger partial charge >= 0.3 is 0 Å². The summed E-state index contributed by atoms with van der Waals surface area (Å²) in [4.78, 5) is 0. The summed E-state index contributed by atoms with van der Waals surface area (Å²) < 4.78 is 10.9. The molecule has 1 saturated carbocycles. The van der Waals surface area contributed by atoms with Crippen LogP contribution in [0.3, 0.4) is 0 Å². The van der Waals surface area contributed by atoms with Gasteiger partial charge in [0, 0.05) is 19.8 Å². The fourth-order valence-electron chi connectivity index (χ4n) is 1.57. The summed E-state index contributed by atoms with van der Waals surface area (Å²) in [6.45, 7) is 2.96. The zero-order valence-corrected chi connectivity index (χ0v) is 8.17. The Bertz CT molecular complexity index is 120. The van der Waals surface area contributed by atoms with Crippen molar-refractivity contribution in [3.8, 4) is 0 Å². The molecule has 1 aliphatic rings. The maximum absolute atomic E-state index is 5.65. The van der Waals surface area contributed by atoms with Gasteiger partial charge in [-0.25, -0.2) is 0 Å². The van der Waals surface area contributed by atoms with Gasteiger partial charge in [-0.3, -0.25) is 0 Å². The van der Waals surface area contributed by atoms with Crippen LogP contribution in [0.15, 0.2) is 0 Å². The van der Waals surface area contributed by atoms with E-state index >= 15 is 0 Å². The van der Waals surface area contributed by atoms with E-state index in [1.54, 1.807) is 7.11 Å². The van der Waals surface area contributed by atoms with Crippen LogP contribution < -0.4 is 5.32 Å². The predicted molar refractivity (Wildman–Crippen MR) is 48.3 cm³/mol. The van der Waals surface area contributed by atoms with Gasteiger partial charge in [-0.05, 0) is 19.9 Å². The minimum atomic E-state index is 0.264. The van der Waals surface area contributed by atoms with Gasteiger partial charge in [-0.2, -0.15) is 0 Å². The van der Waals surface area contributed by atoms with Crippen molar-refractivity contribution in [3.05, 3.63) is 0 Å². The molecule has 1 N–H and O–H groups in total. The second-order valence-corrected chi connectivity index (χ2v) is 3.24. The Morgan fingerprint density at radius 1 is 1.50 bits per heavy atom. The van der Waals surface area contributed by atoms with Crippen LogP contribution in [0.1, 0.15) is 19.8 Å². The van der Waals surface area contributed by atoms with Gasteiger partial charge in [0.1, 0.15) is 0 Å². The Balaban J connectivity index is 2.25. The molecule has 3 atom stereocenters. The molecule has 3 heteroatoms. The van der Waals surface area contributed by atoms with E-state index < -0.39 is 0 Å². The standard InChI is InChI=1S/C9H19NO2/c1-4-5-12-9-7(10-2)6-8(9)11-3/h7-10H,4-6H2,1-3H3. The molecular formula is C9H19NO2. The van der Waals surface area contributed by atoms with Crippen molar-refractivity contribution in [2.75, 3.05) is 20.8 Å². The minimum Gasteiger partial charge on any atom is -0.379 e. The maximum Gasteiger partial charge on any atom is 0.0990 e. The number of hydrogen-bond acceptors (Lipinski definition) is 3. The Morgan fingerprint density at radius 3 is 2.75 bits per heavy atom. The third-order valence-electron chi connectivity index (χ3n) is 2.44. The normalized spacial score (nSPS) is 34.8. The molecule has 0 heterocycles. The van der Waals surface area contributed by atoms with Gasteiger partial charge < -0.3 is 14.8 Å². The van der Waals surface area contributed by atoms with Crippen LogP contribution in [0, 0.1) is 0 Å². The molecule has 0 amide bonds. The van der Waals surface area contributed by atoms with Crippen LogP contribution in [0.25, 0.3) is 0 Å². The van der Waals surface area contributed by atoms with Gasteiger partial charge in [0.05, 0.1) is 12.2 Å². The Hall–Kier alpha value is -0.120. The van der Waals surface area contributed by atoms with Crippen molar-refractivity contribution in [2.24, 2.45) is 0 Å². The molecule has 0 saturated heterocycles. The van der Waals surface area contributed by atoms with Gasteiger partial charge in [0.2, 0.25) is 0 Å². The molecule has 72 valence electrons. The summed E-state index contributed by atoms with van der Waals surface area (Å²) in [5.41, 5.74) is 0. The zero-order valence-electron chi connectivity index (χ0n) is 8.17. The van der Waals surface area contributed by atoms with Gasteiger partial charge in [0.15, 0.2) is 0 Å². The van der Waals surface area contributed by atoms with Crippen LogP contribution in [0.2, 0.25) is 0 Å². The lowest BCUT2D eigenvalue weighted by Crippen LogP contribution is -2.59. The van der Waals surface area contributed by atoms with Crippen LogP contribution in [-0.4, -0.2) is 39.0 Å². The maximum atomic E-state index is 5.65. The molecule has 3 unspecified atom stereocenters. The molecule has 12 heavy (non-hydrogen) atoms. The molecule has 3 nitrogen and oxygen atoms in total. The number of ether oxygens (including phenoxy) is 2. The number of hydrogen-bond donors (Lipinski definition) is 1. The van der Waals surface area contributed by atoms with Gasteiger partial charge in [0.25, 0.3) is 0 Å². The SMILES string of the molecule is CCCOC1C(NC)CC1OC. The molecule has 1 aliphatic carbocycles. The Morgan fingerprint density at radius 2 is 2.25 bits per heavy atom. The van der Waals surface area contributed by atoms with E-state index in [0.717, 1.165) is 19.4 Å². The first-order valence-electron chi connectivity index (χ1n) is 4.65. The average Bonchev–Trinajstić information content (AvgIpc) is 2.05. The molecule has 0 aliphatic heterocycles. The van der Waals surface area contributed by atoms with Crippen LogP contribution in [0.5, 0.6) is 0 Å². The van der Waals surface area contributed by atoms with E-state index in [9.17, 15) is 0 Å². The lowest BCUT2D eigenvalue weighted by atomic mass is 9.85. The number of methoxy groups -OCH3 is 1. The highest BCUT2D eigenvalue weighted by atomic mass is 16.5. The highest BCUT2D eigenvalue weighted by Crippen LogP contribution is 2.26. The summed E-state index contributed by atoms with van der Waals surface area (Å²) in [5, 5.41) is 3.22. The lowest BCUT2D eigenvalue weighted by Gasteiger charge is -2.43. The predicted octanol–water partition coefficient (Wildman–Crippen LogP) is 0.788. The first-order chi connectivity index (χ1) is 5.83. The fourth-order valence-corrected chi connectivity index (χ4v) is 1.57. The first-order valence-corrected chi connectivity index (χ1v) is 4.65. The van der Waals surface area contributed by atoms with E-state index in [-0.39, 0.29) is 6.10 Å². The van der Waals surface area contributed by atoms with E-state index in [1.807, 2.05) is 7.05 Å². The van der Waals surface area contributed by atoms with Crippen LogP contribution in [0.4, 0.5) is 0 Å². The highest BCUT2D eigenvalue weighted by Gasteiger charge is 2.41. The third-order valence-corrected chi connectivity index (χ3v) is 2.44. The quantitative estimate of drug-likeness (QED) is 0.666. The molecule has 0 spiro atoms. The summed E-state index contributed by atoms with van der Waals surface area (Å²) in [7, 11) is 3.72. The molecule has 1 rings (SSSR count). The van der Waals surface area contributed by atoms with Crippen molar-refractivity contribution in [2.45, 2.75) is 38.0 Å². The molecule has 0 bridgehead atoms. The summed E-state index contributed by atoms with van der Waals surface area (Å²) in [6, 6.07) is 0.487. The third kappa shape index (κ3) is 1.97. The van der Waals surface area contributed by atoms with E-state index in [0.29, 0.717) is 12.1 Å². The second-order valence-electron chi connectivity index (χ2n) is 3.24. The number of rotatable bonds is 5. The summed E-state index contributed by atoms with van der Waals surface area (Å²) in [6.07, 6.45) is 2.71. The van der Waals surface area contributed by atoms with Gasteiger partial charge in [-0.1, -0.05) is 6.92 Å². The van der Waals surface area contributed by atoms with Crippen LogP contribution in [-0.2, 0) is 9.47 Å². The molecule has 0 radical (unpaired) electrons. The molecule has 1 fully saturated rings. The van der Waals surface area contributed by atoms with Crippen molar-refractivity contribution in [3.63, 3.8) is 0 Å². The minimum absolute atomic E-state index is 0.264. The van der Waals surface area contributed by atoms with E-state index in [2.05, 4.69) is 12.2 Å². The van der Waals surface area contributed by atoms with Crippen molar-refractivity contribution < 1.29 is 9.47 Å². The van der Waals surface area contributed by atoms with Crippen LogP contribution >= 0.6 is 0 Å². The van der Waals surface area contributed by atoms with Crippen molar-refractivity contribution in [1.29, 1.82) is 0 Å². The fraction of sp³-hybridized carbons (Fsp3) is 1.00. The number of nitrogens with one attached hydrogen (secondary N) is 1. The largest absolute Gasteiger partial charge is 0.379 e. The highest BCUT2D eigenvalue weighted by molar-refractivity contribution is 4.96. The Kier molecular flexibility index (Phi) is 3.98. The average molecular weight is 173 g/mol. The van der Waals surface area contributed by atoms with Crippen molar-refractivity contribution >= 4 is 0 Å². The first kappa shape index (κ1) is 9.96. The van der Waals surface area contributed by atoms with E-state index in [1.165, 1.54) is 0 Å². The molecule has 0 aromatic heterocycles. The Labute approximate surface area is 74.4 Å². The molecular weight excluding hydrogens is 154 g/mol. The molecule has 0 aromatic carbocycles. The molecule has 0 aromatic rings. The topological polar surface area (TPSA) is 30.5 Å². The van der Waals surface area contributed by atoms with Crippen molar-refractivity contribution in [1.82, 2.24) is 5.32 Å². The summed E-state index contributed by atoms with van der Waals surface area (Å²) in [5.74, 6) is 0. The lowest BCUT2D eigenvalue weighted by molar-refractivity contribution is -0.132.